The highest BCUT2D eigenvalue weighted by Gasteiger charge is 2.33. The Labute approximate surface area is 248 Å². The van der Waals surface area contributed by atoms with Crippen LogP contribution in [0.4, 0.5) is 0 Å². The predicted molar refractivity (Wildman–Crippen MR) is 157 cm³/mol. The number of carboxylic acid groups (broad SMARTS) is 2. The van der Waals surface area contributed by atoms with E-state index in [9.17, 15) is 29.4 Å². The number of hydrogen-bond donors (Lipinski definition) is 4. The molecule has 0 aromatic heterocycles. The Morgan fingerprint density at radius 1 is 0.465 bits per heavy atom. The molecule has 4 N–H and O–H groups in total. The second kappa shape index (κ2) is 18.2. The van der Waals surface area contributed by atoms with E-state index < -0.39 is 42.5 Å². The summed E-state index contributed by atoms with van der Waals surface area (Å²) < 4.78 is 10.3. The molecular weight excluding hydrogens is 556 g/mol. The van der Waals surface area contributed by atoms with Crippen LogP contribution in [-0.4, -0.2) is 70.7 Å². The first-order valence-corrected chi connectivity index (χ1v) is 12.9. The molecule has 0 spiro atoms. The summed E-state index contributed by atoms with van der Waals surface area (Å²) in [6.07, 6.45) is 0. The number of aromatic carboxylic acids is 2. The molecule has 4 rings (SSSR count). The van der Waals surface area contributed by atoms with Gasteiger partial charge in [-0.3, -0.25) is 0 Å². The second-order valence-electron chi connectivity index (χ2n) is 9.04. The van der Waals surface area contributed by atoms with Gasteiger partial charge < -0.3 is 29.9 Å². The predicted octanol–water partition coefficient (Wildman–Crippen LogP) is 4.44. The van der Waals surface area contributed by atoms with Crippen molar-refractivity contribution >= 4 is 23.9 Å². The number of rotatable bonds is 10. The maximum Gasteiger partial charge on any atom is 0.338 e. The van der Waals surface area contributed by atoms with Crippen molar-refractivity contribution < 1.29 is 49.1 Å². The first kappa shape index (κ1) is 33.9. The Kier molecular flexibility index (Phi) is 14.3. The third kappa shape index (κ3) is 12.0. The van der Waals surface area contributed by atoms with Gasteiger partial charge in [0.1, 0.15) is 13.2 Å². The zero-order chi connectivity index (χ0) is 31.5. The van der Waals surface area contributed by atoms with E-state index >= 15 is 0 Å². The second-order valence-corrected chi connectivity index (χ2v) is 9.04. The molecule has 0 fully saturated rings. The Balaban J connectivity index is 0.000000289. The van der Waals surface area contributed by atoms with E-state index in [-0.39, 0.29) is 13.2 Å². The number of esters is 2. The highest BCUT2D eigenvalue weighted by molar-refractivity contribution is 5.90. The van der Waals surface area contributed by atoms with Crippen LogP contribution in [0.3, 0.4) is 0 Å². The summed E-state index contributed by atoms with van der Waals surface area (Å²) in [5, 5.41) is 36.0. The number of carbonyl (C=O) groups excluding carboxylic acids is 2. The minimum atomic E-state index is -1.27. The largest absolute Gasteiger partial charge is 0.478 e. The van der Waals surface area contributed by atoms with Crippen LogP contribution in [0.25, 0.3) is 0 Å². The number of carbonyl (C=O) groups is 4. The van der Waals surface area contributed by atoms with Crippen molar-refractivity contribution in [1.29, 1.82) is 0 Å². The third-order valence-electron chi connectivity index (χ3n) is 5.75. The standard InChI is InChI=1S/C19H20O6.2C7H6O2/c20-11-19(12-21,13-24-17(22)15-7-3-1-4-8-15)14-25-18(23)16-9-5-2-6-10-16;2*8-7(9)6-4-2-1-3-5-6/h1-10,20-21H,11-14H2;2*1-5H,(H,8,9). The number of carboxylic acids is 2. The molecular formula is C33H32O10. The summed E-state index contributed by atoms with van der Waals surface area (Å²) in [4.78, 5) is 44.4. The molecule has 10 nitrogen and oxygen atoms in total. The van der Waals surface area contributed by atoms with Crippen molar-refractivity contribution in [2.45, 2.75) is 0 Å². The molecule has 0 aliphatic heterocycles. The van der Waals surface area contributed by atoms with Crippen molar-refractivity contribution in [2.24, 2.45) is 5.41 Å². The number of aliphatic hydroxyl groups excluding tert-OH is 2. The van der Waals surface area contributed by atoms with Gasteiger partial charge in [-0.1, -0.05) is 72.8 Å². The van der Waals surface area contributed by atoms with E-state index in [4.69, 9.17) is 19.7 Å². The van der Waals surface area contributed by atoms with E-state index in [2.05, 4.69) is 0 Å². The van der Waals surface area contributed by atoms with Crippen molar-refractivity contribution in [2.75, 3.05) is 26.4 Å². The molecule has 0 bridgehead atoms. The Morgan fingerprint density at radius 3 is 0.930 bits per heavy atom. The average Bonchev–Trinajstić information content (AvgIpc) is 3.07. The molecule has 224 valence electrons. The Bertz CT molecular complexity index is 1300. The molecule has 0 aliphatic carbocycles. The molecule has 10 heteroatoms. The van der Waals surface area contributed by atoms with Gasteiger partial charge in [-0.2, -0.15) is 0 Å². The summed E-state index contributed by atoms with van der Waals surface area (Å²) in [5.74, 6) is -2.92. The first-order valence-electron chi connectivity index (χ1n) is 12.9. The van der Waals surface area contributed by atoms with E-state index in [1.165, 1.54) is 0 Å². The summed E-state index contributed by atoms with van der Waals surface area (Å²) in [6, 6.07) is 33.3. The monoisotopic (exact) mass is 588 g/mol. The number of hydrogen-bond acceptors (Lipinski definition) is 8. The van der Waals surface area contributed by atoms with Gasteiger partial charge in [-0.25, -0.2) is 19.2 Å². The summed E-state index contributed by atoms with van der Waals surface area (Å²) in [7, 11) is 0. The topological polar surface area (TPSA) is 168 Å². The van der Waals surface area contributed by atoms with E-state index in [0.717, 1.165) is 0 Å². The number of benzene rings is 4. The highest BCUT2D eigenvalue weighted by atomic mass is 16.6. The highest BCUT2D eigenvalue weighted by Crippen LogP contribution is 2.19. The van der Waals surface area contributed by atoms with Crippen LogP contribution in [0.15, 0.2) is 121 Å². The van der Waals surface area contributed by atoms with Crippen LogP contribution in [-0.2, 0) is 9.47 Å². The molecule has 0 heterocycles. The summed E-state index contributed by atoms with van der Waals surface area (Å²) >= 11 is 0. The smallest absolute Gasteiger partial charge is 0.338 e. The Hall–Kier alpha value is -5.32. The molecule has 0 unspecified atom stereocenters. The lowest BCUT2D eigenvalue weighted by Gasteiger charge is -2.28. The van der Waals surface area contributed by atoms with Gasteiger partial charge in [-0.05, 0) is 48.5 Å². The third-order valence-corrected chi connectivity index (χ3v) is 5.75. The molecule has 43 heavy (non-hydrogen) atoms. The lowest BCUT2D eigenvalue weighted by atomic mass is 9.92. The van der Waals surface area contributed by atoms with Gasteiger partial charge >= 0.3 is 23.9 Å². The van der Waals surface area contributed by atoms with Crippen molar-refractivity contribution in [3.05, 3.63) is 144 Å². The molecule has 0 saturated heterocycles. The summed E-state index contributed by atoms with van der Waals surface area (Å²) in [5.41, 5.74) is 0.103. The first-order chi connectivity index (χ1) is 20.7. The van der Waals surface area contributed by atoms with Gasteiger partial charge in [0, 0.05) is 0 Å². The zero-order valence-corrected chi connectivity index (χ0v) is 23.1. The number of ether oxygens (including phenoxy) is 2. The molecule has 0 saturated carbocycles. The van der Waals surface area contributed by atoms with Crippen LogP contribution in [0, 0.1) is 5.41 Å². The van der Waals surface area contributed by atoms with Crippen LogP contribution in [0.1, 0.15) is 41.4 Å². The lowest BCUT2D eigenvalue weighted by molar-refractivity contribution is -0.0522. The SMILES string of the molecule is O=C(O)c1ccccc1.O=C(O)c1ccccc1.O=C(OCC(CO)(CO)COC(=O)c1ccccc1)c1ccccc1. The van der Waals surface area contributed by atoms with Crippen LogP contribution < -0.4 is 0 Å². The zero-order valence-electron chi connectivity index (χ0n) is 23.1. The quantitative estimate of drug-likeness (QED) is 0.194. The normalized spacial score (nSPS) is 10.1. The fourth-order valence-electron chi connectivity index (χ4n) is 3.19. The molecule has 0 atom stereocenters. The maximum absolute atomic E-state index is 12.0. The van der Waals surface area contributed by atoms with Crippen molar-refractivity contribution in [3.8, 4) is 0 Å². The van der Waals surface area contributed by atoms with E-state index in [1.54, 1.807) is 121 Å². The van der Waals surface area contributed by atoms with Crippen LogP contribution >= 0.6 is 0 Å². The Morgan fingerprint density at radius 2 is 0.721 bits per heavy atom. The van der Waals surface area contributed by atoms with Crippen molar-refractivity contribution in [3.63, 3.8) is 0 Å². The molecule has 0 radical (unpaired) electrons. The van der Waals surface area contributed by atoms with Crippen molar-refractivity contribution in [1.82, 2.24) is 0 Å². The molecule has 0 aliphatic rings. The van der Waals surface area contributed by atoms with Gasteiger partial charge in [0.25, 0.3) is 0 Å². The van der Waals surface area contributed by atoms with Gasteiger partial charge in [0.15, 0.2) is 0 Å². The maximum atomic E-state index is 12.0. The van der Waals surface area contributed by atoms with Gasteiger partial charge in [-0.15, -0.1) is 0 Å². The molecule has 4 aromatic carbocycles. The fourth-order valence-corrected chi connectivity index (χ4v) is 3.19. The minimum Gasteiger partial charge on any atom is -0.478 e. The summed E-state index contributed by atoms with van der Waals surface area (Å²) in [6.45, 7) is -1.58. The van der Waals surface area contributed by atoms with Crippen LogP contribution in [0.5, 0.6) is 0 Å². The molecule has 0 amide bonds. The average molecular weight is 589 g/mol. The van der Waals surface area contributed by atoms with Gasteiger partial charge in [0.05, 0.1) is 40.9 Å². The molecule has 4 aromatic rings. The number of aliphatic hydroxyl groups is 2. The van der Waals surface area contributed by atoms with Crippen LogP contribution in [0.2, 0.25) is 0 Å². The van der Waals surface area contributed by atoms with Gasteiger partial charge in [0.2, 0.25) is 0 Å². The van der Waals surface area contributed by atoms with E-state index in [0.29, 0.717) is 22.3 Å². The lowest BCUT2D eigenvalue weighted by Crippen LogP contribution is -2.41. The van der Waals surface area contributed by atoms with E-state index in [1.807, 2.05) is 0 Å². The fraction of sp³-hybridized carbons (Fsp3) is 0.152. The minimum absolute atomic E-state index is 0.282.